The van der Waals surface area contributed by atoms with Crippen LogP contribution in [0.3, 0.4) is 0 Å². The number of aliphatic hydroxyl groups excluding tert-OH is 1. The van der Waals surface area contributed by atoms with Crippen LogP contribution in [0.25, 0.3) is 0 Å². The van der Waals surface area contributed by atoms with Crippen molar-refractivity contribution >= 4 is 0 Å². The zero-order valence-electron chi connectivity index (χ0n) is 11.9. The lowest BCUT2D eigenvalue weighted by atomic mass is 10.1. The highest BCUT2D eigenvalue weighted by Crippen LogP contribution is 2.33. The molecular weight excluding hydrogens is 252 g/mol. The summed E-state index contributed by atoms with van der Waals surface area (Å²) in [7, 11) is 0. The van der Waals surface area contributed by atoms with Gasteiger partial charge in [0.25, 0.3) is 0 Å². The summed E-state index contributed by atoms with van der Waals surface area (Å²) in [6.07, 6.45) is 3.39. The first-order valence-corrected chi connectivity index (χ1v) is 7.22. The van der Waals surface area contributed by atoms with Gasteiger partial charge in [-0.25, -0.2) is 0 Å². The Bertz CT molecular complexity index is 449. The average molecular weight is 274 g/mol. The molecule has 0 radical (unpaired) electrons. The highest BCUT2D eigenvalue weighted by molar-refractivity contribution is 5.34. The summed E-state index contributed by atoms with van der Waals surface area (Å²) in [4.78, 5) is 0. The van der Waals surface area contributed by atoms with Crippen LogP contribution in [0.5, 0.6) is 5.75 Å². The molecule has 2 atom stereocenters. The van der Waals surface area contributed by atoms with Gasteiger partial charge in [0.1, 0.15) is 18.5 Å². The topological polar surface area (TPSA) is 65.3 Å². The molecule has 2 N–H and O–H groups in total. The van der Waals surface area contributed by atoms with Crippen molar-refractivity contribution in [1.82, 2.24) is 5.32 Å². The second-order valence-electron chi connectivity index (χ2n) is 5.59. The van der Waals surface area contributed by atoms with Gasteiger partial charge < -0.3 is 15.2 Å². The Morgan fingerprint density at radius 1 is 1.40 bits per heavy atom. The minimum Gasteiger partial charge on any atom is -0.491 e. The van der Waals surface area contributed by atoms with Crippen LogP contribution in [-0.2, 0) is 0 Å². The Hall–Kier alpha value is -1.57. The number of hydrogen-bond acceptors (Lipinski definition) is 4. The average Bonchev–Trinajstić information content (AvgIpc) is 3.27. The molecule has 4 heteroatoms. The largest absolute Gasteiger partial charge is 0.491 e. The molecule has 1 fully saturated rings. The third-order valence-corrected chi connectivity index (χ3v) is 3.51. The number of nitrogens with zero attached hydrogens (tertiary/aromatic N) is 1. The molecule has 2 unspecified atom stereocenters. The smallest absolute Gasteiger partial charge is 0.119 e. The van der Waals surface area contributed by atoms with Crippen LogP contribution in [0.4, 0.5) is 0 Å². The van der Waals surface area contributed by atoms with Gasteiger partial charge in [0.05, 0.1) is 11.6 Å². The Labute approximate surface area is 120 Å². The van der Waals surface area contributed by atoms with Crippen LogP contribution in [-0.4, -0.2) is 30.4 Å². The van der Waals surface area contributed by atoms with Crippen LogP contribution in [0.15, 0.2) is 24.3 Å². The first kappa shape index (κ1) is 14.8. The second-order valence-corrected chi connectivity index (χ2v) is 5.59. The predicted octanol–water partition coefficient (Wildman–Crippen LogP) is 2.08. The molecule has 2 rings (SSSR count). The van der Waals surface area contributed by atoms with E-state index in [0.717, 1.165) is 5.92 Å². The predicted molar refractivity (Wildman–Crippen MR) is 77.5 cm³/mol. The number of rotatable bonds is 8. The van der Waals surface area contributed by atoms with Gasteiger partial charge in [-0.15, -0.1) is 0 Å². The van der Waals surface area contributed by atoms with E-state index >= 15 is 0 Å². The lowest BCUT2D eigenvalue weighted by molar-refractivity contribution is 0.103. The van der Waals surface area contributed by atoms with Gasteiger partial charge in [0.15, 0.2) is 0 Å². The van der Waals surface area contributed by atoms with Crippen LogP contribution in [0, 0.1) is 17.2 Å². The third kappa shape index (κ3) is 5.20. The summed E-state index contributed by atoms with van der Waals surface area (Å²) in [6, 6.07) is 9.41. The molecule has 0 heterocycles. The number of benzene rings is 1. The number of nitrogens with one attached hydrogen (secondary N) is 1. The van der Waals surface area contributed by atoms with Gasteiger partial charge in [-0.05, 0) is 43.5 Å². The van der Waals surface area contributed by atoms with E-state index in [0.29, 0.717) is 23.9 Å². The SMILES string of the molecule is CC(CC1CC1)NCC(O)COc1ccc(C#N)cc1. The Morgan fingerprint density at radius 3 is 2.70 bits per heavy atom. The Kier molecular flexibility index (Phi) is 5.40. The molecule has 0 amide bonds. The van der Waals surface area contributed by atoms with Crippen LogP contribution < -0.4 is 10.1 Å². The molecule has 0 spiro atoms. The minimum atomic E-state index is -0.521. The van der Waals surface area contributed by atoms with E-state index in [1.165, 1.54) is 19.3 Å². The molecule has 1 aromatic rings. The van der Waals surface area contributed by atoms with Crippen molar-refractivity contribution in [3.8, 4) is 11.8 Å². The van der Waals surface area contributed by atoms with Crippen molar-refractivity contribution < 1.29 is 9.84 Å². The Balaban J connectivity index is 1.63. The second kappa shape index (κ2) is 7.28. The Morgan fingerprint density at radius 2 is 2.10 bits per heavy atom. The van der Waals surface area contributed by atoms with Crippen molar-refractivity contribution in [2.75, 3.05) is 13.2 Å². The van der Waals surface area contributed by atoms with Crippen molar-refractivity contribution in [3.63, 3.8) is 0 Å². The number of hydrogen-bond donors (Lipinski definition) is 2. The molecule has 1 saturated carbocycles. The molecule has 1 aliphatic rings. The summed E-state index contributed by atoms with van der Waals surface area (Å²) in [6.45, 7) is 2.96. The van der Waals surface area contributed by atoms with Crippen molar-refractivity contribution in [3.05, 3.63) is 29.8 Å². The monoisotopic (exact) mass is 274 g/mol. The van der Waals surface area contributed by atoms with E-state index in [2.05, 4.69) is 18.3 Å². The molecular formula is C16H22N2O2. The summed E-state index contributed by atoms with van der Waals surface area (Å²) >= 11 is 0. The van der Waals surface area contributed by atoms with Gasteiger partial charge in [-0.1, -0.05) is 12.8 Å². The molecule has 108 valence electrons. The van der Waals surface area contributed by atoms with E-state index in [4.69, 9.17) is 10.00 Å². The van der Waals surface area contributed by atoms with Gasteiger partial charge in [-0.3, -0.25) is 0 Å². The zero-order valence-corrected chi connectivity index (χ0v) is 11.9. The van der Waals surface area contributed by atoms with Crippen LogP contribution in [0.2, 0.25) is 0 Å². The van der Waals surface area contributed by atoms with Gasteiger partial charge >= 0.3 is 0 Å². The highest BCUT2D eigenvalue weighted by atomic mass is 16.5. The molecule has 20 heavy (non-hydrogen) atoms. The maximum atomic E-state index is 9.87. The first-order chi connectivity index (χ1) is 9.67. The van der Waals surface area contributed by atoms with E-state index < -0.39 is 6.10 Å². The summed E-state index contributed by atoms with van der Waals surface area (Å²) in [5.41, 5.74) is 0.605. The zero-order chi connectivity index (χ0) is 14.4. The lowest BCUT2D eigenvalue weighted by Gasteiger charge is -2.17. The summed E-state index contributed by atoms with van der Waals surface area (Å²) in [5, 5.41) is 21.9. The molecule has 0 aromatic heterocycles. The van der Waals surface area contributed by atoms with E-state index in [1.807, 2.05) is 0 Å². The fraction of sp³-hybridized carbons (Fsp3) is 0.562. The fourth-order valence-electron chi connectivity index (χ4n) is 2.15. The first-order valence-electron chi connectivity index (χ1n) is 7.22. The third-order valence-electron chi connectivity index (χ3n) is 3.51. The molecule has 0 bridgehead atoms. The fourth-order valence-corrected chi connectivity index (χ4v) is 2.15. The van der Waals surface area contributed by atoms with Crippen LogP contribution >= 0.6 is 0 Å². The van der Waals surface area contributed by atoms with E-state index in [-0.39, 0.29) is 6.61 Å². The minimum absolute atomic E-state index is 0.259. The summed E-state index contributed by atoms with van der Waals surface area (Å²) < 4.78 is 5.49. The van der Waals surface area contributed by atoms with Crippen molar-refractivity contribution in [1.29, 1.82) is 5.26 Å². The van der Waals surface area contributed by atoms with Gasteiger partial charge in [0.2, 0.25) is 0 Å². The molecule has 1 aromatic carbocycles. The highest BCUT2D eigenvalue weighted by Gasteiger charge is 2.23. The van der Waals surface area contributed by atoms with E-state index in [1.54, 1.807) is 24.3 Å². The lowest BCUT2D eigenvalue weighted by Crippen LogP contribution is -2.36. The number of ether oxygens (including phenoxy) is 1. The molecule has 1 aliphatic carbocycles. The normalized spacial score (nSPS) is 17.2. The van der Waals surface area contributed by atoms with Gasteiger partial charge in [0, 0.05) is 12.6 Å². The molecule has 4 nitrogen and oxygen atoms in total. The maximum Gasteiger partial charge on any atom is 0.119 e. The maximum absolute atomic E-state index is 9.87. The summed E-state index contributed by atoms with van der Waals surface area (Å²) in [5.74, 6) is 1.57. The quantitative estimate of drug-likeness (QED) is 0.761. The van der Waals surface area contributed by atoms with Crippen LogP contribution in [0.1, 0.15) is 31.7 Å². The van der Waals surface area contributed by atoms with Crippen molar-refractivity contribution in [2.24, 2.45) is 5.92 Å². The number of nitriles is 1. The van der Waals surface area contributed by atoms with Gasteiger partial charge in [-0.2, -0.15) is 5.26 Å². The van der Waals surface area contributed by atoms with E-state index in [9.17, 15) is 5.11 Å². The standard InChI is InChI=1S/C16H22N2O2/c1-12(8-13-2-3-13)18-10-15(19)11-20-16-6-4-14(9-17)5-7-16/h4-7,12-13,15,18-19H,2-3,8,10-11H2,1H3. The molecule has 0 saturated heterocycles. The number of aliphatic hydroxyl groups is 1. The van der Waals surface area contributed by atoms with Crippen molar-refractivity contribution in [2.45, 2.75) is 38.3 Å². The molecule has 0 aliphatic heterocycles.